The van der Waals surface area contributed by atoms with Crippen LogP contribution in [0.3, 0.4) is 0 Å². The topological polar surface area (TPSA) is 67.9 Å². The zero-order chi connectivity index (χ0) is 18.4. The molecule has 1 atom stereocenters. The van der Waals surface area contributed by atoms with Crippen LogP contribution in [0.4, 0.5) is 8.78 Å². The first-order valence-electron chi connectivity index (χ1n) is 7.94. The third kappa shape index (κ3) is 5.20. The number of hydrogen-bond donors (Lipinski definition) is 1. The van der Waals surface area contributed by atoms with Gasteiger partial charge in [0.1, 0.15) is 17.2 Å². The molecule has 0 saturated carbocycles. The van der Waals surface area contributed by atoms with Gasteiger partial charge in [-0.3, -0.25) is 9.59 Å². The van der Waals surface area contributed by atoms with E-state index in [9.17, 15) is 18.4 Å². The molecule has 1 aromatic rings. The van der Waals surface area contributed by atoms with Crippen LogP contribution in [0.5, 0.6) is 0 Å². The van der Waals surface area contributed by atoms with Crippen molar-refractivity contribution in [2.75, 3.05) is 33.4 Å². The van der Waals surface area contributed by atoms with Crippen molar-refractivity contribution in [1.29, 1.82) is 0 Å². The molecule has 1 aliphatic heterocycles. The van der Waals surface area contributed by atoms with Gasteiger partial charge in [0.2, 0.25) is 11.8 Å². The third-order valence-electron chi connectivity index (χ3n) is 4.20. The fraction of sp³-hybridized carbons (Fsp3) is 0.529. The van der Waals surface area contributed by atoms with Crippen LogP contribution >= 0.6 is 0 Å². The van der Waals surface area contributed by atoms with E-state index in [2.05, 4.69) is 5.32 Å². The van der Waals surface area contributed by atoms with Crippen LogP contribution in [0.1, 0.15) is 18.9 Å². The molecule has 0 aromatic heterocycles. The minimum atomic E-state index is -0.965. The Hall–Kier alpha value is -2.06. The molecular weight excluding hydrogens is 334 g/mol. The van der Waals surface area contributed by atoms with E-state index in [4.69, 9.17) is 9.47 Å². The Morgan fingerprint density at radius 1 is 1.40 bits per heavy atom. The van der Waals surface area contributed by atoms with E-state index in [0.29, 0.717) is 13.2 Å². The van der Waals surface area contributed by atoms with E-state index in [1.807, 2.05) is 0 Å². The Morgan fingerprint density at radius 3 is 2.80 bits per heavy atom. The number of carbonyl (C=O) groups is 2. The molecule has 0 radical (unpaired) electrons. The van der Waals surface area contributed by atoms with Crippen LogP contribution in [0, 0.1) is 11.6 Å². The molecule has 8 heteroatoms. The summed E-state index contributed by atoms with van der Waals surface area (Å²) >= 11 is 0. The van der Waals surface area contributed by atoms with Gasteiger partial charge in [-0.2, -0.15) is 0 Å². The van der Waals surface area contributed by atoms with Gasteiger partial charge < -0.3 is 19.7 Å². The van der Waals surface area contributed by atoms with E-state index >= 15 is 0 Å². The second-order valence-electron chi connectivity index (χ2n) is 6.07. The normalized spacial score (nSPS) is 20.9. The Labute approximate surface area is 145 Å². The summed E-state index contributed by atoms with van der Waals surface area (Å²) in [6.45, 7) is 2.59. The van der Waals surface area contributed by atoms with Crippen molar-refractivity contribution < 1.29 is 27.8 Å². The molecule has 2 rings (SSSR count). The van der Waals surface area contributed by atoms with Crippen molar-refractivity contribution in [2.45, 2.75) is 25.5 Å². The SMILES string of the molecule is CO[C@@]1(CC(=O)NCc2ccc(F)cc2F)COCCN(C(C)=O)C1. The summed E-state index contributed by atoms with van der Waals surface area (Å²) in [7, 11) is 1.46. The van der Waals surface area contributed by atoms with E-state index in [1.54, 1.807) is 4.90 Å². The number of hydrogen-bond acceptors (Lipinski definition) is 4. The van der Waals surface area contributed by atoms with Crippen molar-refractivity contribution in [3.8, 4) is 0 Å². The van der Waals surface area contributed by atoms with Crippen molar-refractivity contribution in [1.82, 2.24) is 10.2 Å². The standard InChI is InChI=1S/C17H22F2N2O4/c1-12(22)21-5-6-25-11-17(10-21,24-2)8-16(23)20-9-13-3-4-14(18)7-15(13)19/h3-4,7H,5-6,8-11H2,1-2H3,(H,20,23)/t17-/m1/s1. The molecule has 2 amide bonds. The Morgan fingerprint density at radius 2 is 2.16 bits per heavy atom. The largest absolute Gasteiger partial charge is 0.377 e. The molecule has 1 aliphatic rings. The number of nitrogens with one attached hydrogen (secondary N) is 1. The van der Waals surface area contributed by atoms with E-state index in [0.717, 1.165) is 12.1 Å². The van der Waals surface area contributed by atoms with Gasteiger partial charge in [0.15, 0.2) is 0 Å². The van der Waals surface area contributed by atoms with Crippen molar-refractivity contribution in [3.63, 3.8) is 0 Å². The molecular formula is C17H22F2N2O4. The quantitative estimate of drug-likeness (QED) is 0.862. The highest BCUT2D eigenvalue weighted by atomic mass is 19.1. The highest BCUT2D eigenvalue weighted by Gasteiger charge is 2.38. The average molecular weight is 356 g/mol. The lowest BCUT2D eigenvalue weighted by molar-refractivity contribution is -0.139. The fourth-order valence-electron chi connectivity index (χ4n) is 2.69. The molecule has 1 saturated heterocycles. The molecule has 0 spiro atoms. The predicted molar refractivity (Wildman–Crippen MR) is 85.6 cm³/mol. The maximum Gasteiger partial charge on any atom is 0.223 e. The maximum absolute atomic E-state index is 13.6. The van der Waals surface area contributed by atoms with Gasteiger partial charge in [-0.05, 0) is 6.07 Å². The molecule has 6 nitrogen and oxygen atoms in total. The fourth-order valence-corrected chi connectivity index (χ4v) is 2.69. The second kappa shape index (κ2) is 8.35. The molecule has 1 N–H and O–H groups in total. The molecule has 0 aliphatic carbocycles. The van der Waals surface area contributed by atoms with Gasteiger partial charge in [0.05, 0.1) is 26.2 Å². The van der Waals surface area contributed by atoms with Gasteiger partial charge in [0.25, 0.3) is 0 Å². The smallest absolute Gasteiger partial charge is 0.223 e. The number of rotatable bonds is 5. The lowest BCUT2D eigenvalue weighted by atomic mass is 9.99. The summed E-state index contributed by atoms with van der Waals surface area (Å²) in [4.78, 5) is 25.5. The van der Waals surface area contributed by atoms with Crippen molar-refractivity contribution >= 4 is 11.8 Å². The summed E-state index contributed by atoms with van der Waals surface area (Å²) in [5.41, 5.74) is -0.781. The number of methoxy groups -OCH3 is 1. The first-order valence-corrected chi connectivity index (χ1v) is 7.94. The molecule has 1 fully saturated rings. The van der Waals surface area contributed by atoms with Crippen LogP contribution in [0.25, 0.3) is 0 Å². The molecule has 0 unspecified atom stereocenters. The zero-order valence-corrected chi connectivity index (χ0v) is 14.3. The van der Waals surface area contributed by atoms with Crippen LogP contribution in [-0.4, -0.2) is 55.7 Å². The second-order valence-corrected chi connectivity index (χ2v) is 6.07. The van der Waals surface area contributed by atoms with Crippen LogP contribution in [0.15, 0.2) is 18.2 Å². The van der Waals surface area contributed by atoms with Gasteiger partial charge in [-0.25, -0.2) is 8.78 Å². The summed E-state index contributed by atoms with van der Waals surface area (Å²) in [6, 6.07) is 3.18. The van der Waals surface area contributed by atoms with Crippen molar-refractivity contribution in [3.05, 3.63) is 35.4 Å². The van der Waals surface area contributed by atoms with Crippen LogP contribution in [0.2, 0.25) is 0 Å². The molecule has 0 bridgehead atoms. The Bertz CT molecular complexity index is 641. The number of halogens is 2. The highest BCUT2D eigenvalue weighted by molar-refractivity contribution is 5.77. The molecule has 1 heterocycles. The zero-order valence-electron chi connectivity index (χ0n) is 14.3. The lowest BCUT2D eigenvalue weighted by Crippen LogP contribution is -2.50. The predicted octanol–water partition coefficient (Wildman–Crippen LogP) is 1.23. The summed E-state index contributed by atoms with van der Waals surface area (Å²) in [5, 5.41) is 2.59. The van der Waals surface area contributed by atoms with Gasteiger partial charge in [-0.1, -0.05) is 6.07 Å². The van der Waals surface area contributed by atoms with E-state index in [1.165, 1.54) is 20.1 Å². The number of nitrogens with zero attached hydrogens (tertiary/aromatic N) is 1. The Balaban J connectivity index is 1.99. The van der Waals surface area contributed by atoms with Crippen LogP contribution < -0.4 is 5.32 Å². The molecule has 138 valence electrons. The third-order valence-corrected chi connectivity index (χ3v) is 4.20. The number of amides is 2. The molecule has 1 aromatic carbocycles. The monoisotopic (exact) mass is 356 g/mol. The minimum absolute atomic E-state index is 0.0455. The minimum Gasteiger partial charge on any atom is -0.377 e. The first-order chi connectivity index (χ1) is 11.8. The number of benzene rings is 1. The Kier molecular flexibility index (Phi) is 6.44. The van der Waals surface area contributed by atoms with Crippen molar-refractivity contribution in [2.24, 2.45) is 0 Å². The summed E-state index contributed by atoms with van der Waals surface area (Å²) in [6.07, 6.45) is -0.0455. The van der Waals surface area contributed by atoms with Crippen LogP contribution in [-0.2, 0) is 25.6 Å². The first kappa shape index (κ1) is 19.3. The lowest BCUT2D eigenvalue weighted by Gasteiger charge is -2.33. The van der Waals surface area contributed by atoms with Gasteiger partial charge in [0, 0.05) is 38.8 Å². The average Bonchev–Trinajstić information content (AvgIpc) is 2.77. The number of ether oxygens (including phenoxy) is 2. The van der Waals surface area contributed by atoms with Gasteiger partial charge >= 0.3 is 0 Å². The maximum atomic E-state index is 13.6. The van der Waals surface area contributed by atoms with E-state index < -0.39 is 17.2 Å². The summed E-state index contributed by atoms with van der Waals surface area (Å²) in [5.74, 6) is -1.89. The molecule has 25 heavy (non-hydrogen) atoms. The summed E-state index contributed by atoms with van der Waals surface area (Å²) < 4.78 is 37.5. The van der Waals surface area contributed by atoms with Gasteiger partial charge in [-0.15, -0.1) is 0 Å². The number of carbonyl (C=O) groups excluding carboxylic acids is 2. The highest BCUT2D eigenvalue weighted by Crippen LogP contribution is 2.21. The van der Waals surface area contributed by atoms with E-state index in [-0.39, 0.29) is 43.5 Å².